The Morgan fingerprint density at radius 2 is 2.06 bits per heavy atom. The topological polar surface area (TPSA) is 55.8 Å². The highest BCUT2D eigenvalue weighted by molar-refractivity contribution is 9.10. The van der Waals surface area contributed by atoms with Gasteiger partial charge in [0.15, 0.2) is 0 Å². The summed E-state index contributed by atoms with van der Waals surface area (Å²) in [6.07, 6.45) is 1.88. The lowest BCUT2D eigenvalue weighted by atomic mass is 9.91. The highest BCUT2D eigenvalue weighted by Gasteiger charge is 2.49. The second-order valence-electron chi connectivity index (χ2n) is 4.54. The zero-order valence-electron chi connectivity index (χ0n) is 10.3. The van der Waals surface area contributed by atoms with Gasteiger partial charge >= 0.3 is 5.97 Å². The molecule has 1 aromatic rings. The van der Waals surface area contributed by atoms with Gasteiger partial charge in [0, 0.05) is 21.5 Å². The van der Waals surface area contributed by atoms with Crippen molar-refractivity contribution < 1.29 is 19.4 Å². The van der Waals surface area contributed by atoms with Gasteiger partial charge in [-0.05, 0) is 18.9 Å². The van der Waals surface area contributed by atoms with E-state index in [1.54, 1.807) is 20.3 Å². The number of carbonyl (C=O) groups is 1. The van der Waals surface area contributed by atoms with Crippen molar-refractivity contribution in [3.05, 3.63) is 22.2 Å². The Balaban J connectivity index is 2.47. The van der Waals surface area contributed by atoms with Crippen LogP contribution in [-0.2, 0) is 10.2 Å². The average molecular weight is 315 g/mol. The molecule has 98 valence electrons. The molecule has 2 rings (SSSR count). The van der Waals surface area contributed by atoms with Gasteiger partial charge in [-0.15, -0.1) is 0 Å². The van der Waals surface area contributed by atoms with E-state index in [0.717, 1.165) is 22.9 Å². The second-order valence-corrected chi connectivity index (χ2v) is 5.39. The lowest BCUT2D eigenvalue weighted by Gasteiger charge is -2.19. The molecule has 0 radical (unpaired) electrons. The van der Waals surface area contributed by atoms with E-state index in [4.69, 9.17) is 14.6 Å². The van der Waals surface area contributed by atoms with Crippen molar-refractivity contribution in [3.63, 3.8) is 0 Å². The molecule has 0 atom stereocenters. The number of hydrogen-bond donors (Lipinski definition) is 1. The quantitative estimate of drug-likeness (QED) is 0.907. The Labute approximate surface area is 114 Å². The summed E-state index contributed by atoms with van der Waals surface area (Å²) in [7, 11) is 3.17. The predicted octanol–water partition coefficient (Wildman–Crippen LogP) is 2.97. The molecule has 0 saturated heterocycles. The van der Waals surface area contributed by atoms with Crippen LogP contribution >= 0.6 is 15.9 Å². The van der Waals surface area contributed by atoms with Crippen molar-refractivity contribution in [2.24, 2.45) is 0 Å². The number of hydrogen-bond acceptors (Lipinski definition) is 3. The summed E-state index contributed by atoms with van der Waals surface area (Å²) in [6, 6.07) is 3.64. The minimum Gasteiger partial charge on any atom is -0.497 e. The Bertz CT molecular complexity index is 480. The molecular weight excluding hydrogens is 300 g/mol. The lowest BCUT2D eigenvalue weighted by molar-refractivity contribution is -0.137. The van der Waals surface area contributed by atoms with E-state index in [1.165, 1.54) is 0 Å². The van der Waals surface area contributed by atoms with Crippen molar-refractivity contribution in [2.75, 3.05) is 14.2 Å². The maximum Gasteiger partial charge on any atom is 0.304 e. The smallest absolute Gasteiger partial charge is 0.304 e. The number of carboxylic acid groups (broad SMARTS) is 1. The molecule has 1 N–H and O–H groups in total. The number of carboxylic acids is 1. The molecule has 1 fully saturated rings. The van der Waals surface area contributed by atoms with Crippen molar-refractivity contribution in [1.29, 1.82) is 0 Å². The predicted molar refractivity (Wildman–Crippen MR) is 70.4 cm³/mol. The third-order valence-electron chi connectivity index (χ3n) is 3.36. The first-order valence-corrected chi connectivity index (χ1v) is 6.45. The minimum atomic E-state index is -0.780. The highest BCUT2D eigenvalue weighted by Crippen LogP contribution is 2.56. The third kappa shape index (κ3) is 2.32. The molecule has 1 aromatic carbocycles. The molecule has 0 unspecified atom stereocenters. The van der Waals surface area contributed by atoms with E-state index in [2.05, 4.69) is 15.9 Å². The van der Waals surface area contributed by atoms with Gasteiger partial charge in [0.05, 0.1) is 20.6 Å². The molecule has 5 heteroatoms. The monoisotopic (exact) mass is 314 g/mol. The number of ether oxygens (including phenoxy) is 2. The first-order chi connectivity index (χ1) is 8.52. The molecule has 18 heavy (non-hydrogen) atoms. The van der Waals surface area contributed by atoms with Crippen molar-refractivity contribution >= 4 is 21.9 Å². The third-order valence-corrected chi connectivity index (χ3v) is 3.98. The molecule has 0 amide bonds. The van der Waals surface area contributed by atoms with Crippen LogP contribution in [-0.4, -0.2) is 25.3 Å². The first kappa shape index (κ1) is 13.2. The standard InChI is InChI=1S/C13H15BrO4/c1-17-8-5-9(14)12(10(6-8)18-2)13(3-4-13)7-11(15)16/h5-6H,3-4,7H2,1-2H3,(H,15,16). The van der Waals surface area contributed by atoms with E-state index in [-0.39, 0.29) is 11.8 Å². The van der Waals surface area contributed by atoms with Crippen LogP contribution in [0.4, 0.5) is 0 Å². The Kier molecular flexibility index (Phi) is 3.52. The van der Waals surface area contributed by atoms with Gasteiger partial charge in [0.25, 0.3) is 0 Å². The Morgan fingerprint density at radius 1 is 1.39 bits per heavy atom. The molecule has 1 aliphatic rings. The molecule has 0 aromatic heterocycles. The van der Waals surface area contributed by atoms with Crippen LogP contribution in [0.5, 0.6) is 11.5 Å². The zero-order valence-corrected chi connectivity index (χ0v) is 11.9. The van der Waals surface area contributed by atoms with E-state index >= 15 is 0 Å². The summed E-state index contributed by atoms with van der Waals surface area (Å²) in [5.74, 6) is 0.589. The van der Waals surface area contributed by atoms with Gasteiger partial charge in [0.1, 0.15) is 11.5 Å². The molecular formula is C13H15BrO4. The Morgan fingerprint density at radius 3 is 2.50 bits per heavy atom. The number of rotatable bonds is 5. The van der Waals surface area contributed by atoms with Crippen molar-refractivity contribution in [3.8, 4) is 11.5 Å². The normalized spacial score (nSPS) is 16.2. The van der Waals surface area contributed by atoms with Gasteiger partial charge in [-0.3, -0.25) is 4.79 Å². The molecule has 1 aliphatic carbocycles. The average Bonchev–Trinajstić information content (AvgIpc) is 3.07. The molecule has 0 heterocycles. The summed E-state index contributed by atoms with van der Waals surface area (Å²) in [5, 5.41) is 9.02. The summed E-state index contributed by atoms with van der Waals surface area (Å²) in [4.78, 5) is 11.0. The van der Waals surface area contributed by atoms with E-state index < -0.39 is 5.97 Å². The zero-order chi connectivity index (χ0) is 13.3. The van der Waals surface area contributed by atoms with Gasteiger partial charge in [-0.25, -0.2) is 0 Å². The fraction of sp³-hybridized carbons (Fsp3) is 0.462. The number of aliphatic carboxylic acids is 1. The maximum atomic E-state index is 11.0. The van der Waals surface area contributed by atoms with Crippen LogP contribution in [0.3, 0.4) is 0 Å². The van der Waals surface area contributed by atoms with Crippen molar-refractivity contribution in [1.82, 2.24) is 0 Å². The molecule has 0 aliphatic heterocycles. The van der Waals surface area contributed by atoms with Gasteiger partial charge in [-0.1, -0.05) is 15.9 Å². The Hall–Kier alpha value is -1.23. The summed E-state index contributed by atoms with van der Waals surface area (Å²) in [5.41, 5.74) is 0.649. The van der Waals surface area contributed by atoms with E-state index in [9.17, 15) is 4.79 Å². The summed E-state index contributed by atoms with van der Waals surface area (Å²) < 4.78 is 11.4. The molecule has 0 bridgehead atoms. The van der Waals surface area contributed by atoms with Crippen LogP contribution < -0.4 is 9.47 Å². The highest BCUT2D eigenvalue weighted by atomic mass is 79.9. The van der Waals surface area contributed by atoms with Crippen LogP contribution in [0.1, 0.15) is 24.8 Å². The fourth-order valence-electron chi connectivity index (χ4n) is 2.31. The number of methoxy groups -OCH3 is 2. The molecule has 0 spiro atoms. The summed E-state index contributed by atoms with van der Waals surface area (Å²) in [6.45, 7) is 0. The summed E-state index contributed by atoms with van der Waals surface area (Å²) >= 11 is 3.49. The lowest BCUT2D eigenvalue weighted by Crippen LogP contribution is -2.15. The van der Waals surface area contributed by atoms with Crippen molar-refractivity contribution in [2.45, 2.75) is 24.7 Å². The number of halogens is 1. The van der Waals surface area contributed by atoms with Crippen LogP contribution in [0.15, 0.2) is 16.6 Å². The van der Waals surface area contributed by atoms with Gasteiger partial charge in [-0.2, -0.15) is 0 Å². The first-order valence-electron chi connectivity index (χ1n) is 5.66. The maximum absolute atomic E-state index is 11.0. The SMILES string of the molecule is COc1cc(Br)c(C2(CC(=O)O)CC2)c(OC)c1. The van der Waals surface area contributed by atoms with Crippen LogP contribution in [0, 0.1) is 0 Å². The van der Waals surface area contributed by atoms with Crippen LogP contribution in [0.2, 0.25) is 0 Å². The fourth-order valence-corrected chi connectivity index (χ4v) is 3.15. The van der Waals surface area contributed by atoms with E-state index in [0.29, 0.717) is 11.5 Å². The molecule has 1 saturated carbocycles. The minimum absolute atomic E-state index is 0.133. The number of benzene rings is 1. The second kappa shape index (κ2) is 4.80. The van der Waals surface area contributed by atoms with Gasteiger partial charge in [0.2, 0.25) is 0 Å². The van der Waals surface area contributed by atoms with Gasteiger partial charge < -0.3 is 14.6 Å². The largest absolute Gasteiger partial charge is 0.497 e. The van der Waals surface area contributed by atoms with E-state index in [1.807, 2.05) is 6.07 Å². The van der Waals surface area contributed by atoms with Crippen LogP contribution in [0.25, 0.3) is 0 Å². The molecule has 4 nitrogen and oxygen atoms in total.